The monoisotopic (exact) mass is 406 g/mol. The molecule has 0 aliphatic carbocycles. The van der Waals surface area contributed by atoms with E-state index >= 15 is 0 Å². The van der Waals surface area contributed by atoms with Gasteiger partial charge >= 0.3 is 6.03 Å². The molecule has 8 heteroatoms. The van der Waals surface area contributed by atoms with Gasteiger partial charge in [-0.15, -0.1) is 0 Å². The predicted octanol–water partition coefficient (Wildman–Crippen LogP) is 5.21. The maximum absolute atomic E-state index is 11.8. The van der Waals surface area contributed by atoms with E-state index in [1.54, 1.807) is 36.4 Å². The quantitative estimate of drug-likeness (QED) is 0.334. The molecule has 0 fully saturated rings. The number of nitrogens with one attached hydrogen (secondary N) is 2. The molecule has 7 nitrogen and oxygen atoms in total. The van der Waals surface area contributed by atoms with Crippen LogP contribution in [0.15, 0.2) is 87.7 Å². The van der Waals surface area contributed by atoms with E-state index in [0.717, 1.165) is 10.5 Å². The highest BCUT2D eigenvalue weighted by atomic mass is 32.2. The molecular weight excluding hydrogens is 388 g/mol. The Labute approximate surface area is 172 Å². The summed E-state index contributed by atoms with van der Waals surface area (Å²) < 4.78 is 0. The molecule has 0 bridgehead atoms. The van der Waals surface area contributed by atoms with Crippen molar-refractivity contribution in [1.29, 1.82) is 0 Å². The van der Waals surface area contributed by atoms with Crippen LogP contribution < -0.4 is 10.7 Å². The second-order valence-corrected chi connectivity index (χ2v) is 7.20. The third kappa shape index (κ3) is 5.91. The van der Waals surface area contributed by atoms with Crippen LogP contribution in [0.1, 0.15) is 11.1 Å². The summed E-state index contributed by atoms with van der Waals surface area (Å²) in [6.45, 7) is 1.99. The lowest BCUT2D eigenvalue weighted by atomic mass is 10.2. The number of rotatable bonds is 6. The van der Waals surface area contributed by atoms with Gasteiger partial charge in [-0.05, 0) is 37.3 Å². The number of nitrogens with zero attached hydrogens (tertiary/aromatic N) is 2. The van der Waals surface area contributed by atoms with E-state index in [1.807, 2.05) is 37.3 Å². The predicted molar refractivity (Wildman–Crippen MR) is 115 cm³/mol. The minimum absolute atomic E-state index is 0.0201. The highest BCUT2D eigenvalue weighted by Gasteiger charge is 2.15. The fourth-order valence-corrected chi connectivity index (χ4v) is 3.32. The normalized spacial score (nSPS) is 10.7. The molecule has 0 unspecified atom stereocenters. The lowest BCUT2D eigenvalue weighted by Crippen LogP contribution is -2.24. The molecule has 0 aromatic heterocycles. The van der Waals surface area contributed by atoms with Gasteiger partial charge in [-0.1, -0.05) is 53.7 Å². The summed E-state index contributed by atoms with van der Waals surface area (Å²) in [6.07, 6.45) is 1.36. The minimum Gasteiger partial charge on any atom is -0.307 e. The number of anilines is 1. The summed E-state index contributed by atoms with van der Waals surface area (Å²) in [5, 5.41) is 17.9. The highest BCUT2D eigenvalue weighted by Crippen LogP contribution is 2.35. The number of hydrogen-bond acceptors (Lipinski definition) is 5. The number of carbonyl (C=O) groups excluding carboxylic acids is 1. The van der Waals surface area contributed by atoms with Crippen molar-refractivity contribution in [2.24, 2.45) is 5.10 Å². The van der Waals surface area contributed by atoms with Crippen molar-refractivity contribution in [3.8, 4) is 0 Å². The molecule has 3 rings (SSSR count). The van der Waals surface area contributed by atoms with Gasteiger partial charge in [0.15, 0.2) is 0 Å². The van der Waals surface area contributed by atoms with Crippen molar-refractivity contribution in [2.45, 2.75) is 16.7 Å². The van der Waals surface area contributed by atoms with Crippen molar-refractivity contribution in [3.63, 3.8) is 0 Å². The second kappa shape index (κ2) is 9.52. The van der Waals surface area contributed by atoms with E-state index in [2.05, 4.69) is 15.8 Å². The first kappa shape index (κ1) is 20.1. The van der Waals surface area contributed by atoms with Crippen molar-refractivity contribution in [2.75, 3.05) is 5.32 Å². The van der Waals surface area contributed by atoms with Gasteiger partial charge < -0.3 is 5.32 Å². The van der Waals surface area contributed by atoms with E-state index in [1.165, 1.54) is 24.0 Å². The highest BCUT2D eigenvalue weighted by molar-refractivity contribution is 7.99. The molecule has 0 spiro atoms. The molecule has 0 atom stereocenters. The summed E-state index contributed by atoms with van der Waals surface area (Å²) in [6, 6.07) is 21.0. The molecule has 2 N–H and O–H groups in total. The Kier molecular flexibility index (Phi) is 6.59. The van der Waals surface area contributed by atoms with E-state index in [-0.39, 0.29) is 5.69 Å². The van der Waals surface area contributed by atoms with Gasteiger partial charge in [-0.2, -0.15) is 5.10 Å². The largest absolute Gasteiger partial charge is 0.339 e. The Hall–Kier alpha value is -3.65. The molecule has 2 amide bonds. The van der Waals surface area contributed by atoms with E-state index in [9.17, 15) is 14.9 Å². The Morgan fingerprint density at radius 3 is 2.48 bits per heavy atom. The van der Waals surface area contributed by atoms with Crippen LogP contribution in [0.4, 0.5) is 16.2 Å². The summed E-state index contributed by atoms with van der Waals surface area (Å²) in [5.74, 6) is 0. The molecule has 0 heterocycles. The first-order valence-electron chi connectivity index (χ1n) is 8.69. The molecule has 0 saturated carbocycles. The molecule has 0 aliphatic heterocycles. The fourth-order valence-electron chi connectivity index (χ4n) is 2.42. The number of hydrazone groups is 1. The van der Waals surface area contributed by atoms with Crippen molar-refractivity contribution < 1.29 is 9.72 Å². The lowest BCUT2D eigenvalue weighted by Gasteiger charge is -2.05. The summed E-state index contributed by atoms with van der Waals surface area (Å²) in [4.78, 5) is 24.3. The molecule has 146 valence electrons. The van der Waals surface area contributed by atoms with Crippen LogP contribution in [0, 0.1) is 17.0 Å². The van der Waals surface area contributed by atoms with Crippen LogP contribution in [-0.4, -0.2) is 17.2 Å². The second-order valence-electron chi connectivity index (χ2n) is 6.09. The number of aryl methyl sites for hydroxylation is 1. The minimum atomic E-state index is -0.506. The number of benzene rings is 3. The van der Waals surface area contributed by atoms with Crippen molar-refractivity contribution in [1.82, 2.24) is 5.43 Å². The molecule has 0 aliphatic rings. The standard InChI is InChI=1S/C21H18N4O3S/c1-15-7-10-18(11-8-15)29-20-12-9-16(13-19(20)25(27)28)14-22-24-21(26)23-17-5-3-2-4-6-17/h2-14H,1H3,(H2,23,24,26)/b22-14+. The lowest BCUT2D eigenvalue weighted by molar-refractivity contribution is -0.387. The number of nitro groups is 1. The Morgan fingerprint density at radius 1 is 1.07 bits per heavy atom. The molecule has 0 radical (unpaired) electrons. The third-order valence-electron chi connectivity index (χ3n) is 3.84. The Morgan fingerprint density at radius 2 is 1.79 bits per heavy atom. The Balaban J connectivity index is 1.67. The Bertz CT molecular complexity index is 1040. The topological polar surface area (TPSA) is 96.6 Å². The van der Waals surface area contributed by atoms with Gasteiger partial charge in [-0.25, -0.2) is 10.2 Å². The average molecular weight is 406 g/mol. The molecule has 0 saturated heterocycles. The van der Waals surface area contributed by atoms with Gasteiger partial charge in [0.1, 0.15) is 0 Å². The number of nitro benzene ring substituents is 1. The number of amides is 2. The fraction of sp³-hybridized carbons (Fsp3) is 0.0476. The maximum Gasteiger partial charge on any atom is 0.339 e. The number of hydrogen-bond donors (Lipinski definition) is 2. The first-order chi connectivity index (χ1) is 14.0. The zero-order valence-corrected chi connectivity index (χ0v) is 16.3. The summed E-state index contributed by atoms with van der Waals surface area (Å²) in [5.41, 5.74) is 4.57. The first-order valence-corrected chi connectivity index (χ1v) is 9.51. The average Bonchev–Trinajstić information content (AvgIpc) is 2.71. The molecule has 3 aromatic carbocycles. The number of carbonyl (C=O) groups is 1. The molecule has 3 aromatic rings. The SMILES string of the molecule is Cc1ccc(Sc2ccc(/C=N/NC(=O)Nc3ccccc3)cc2[N+](=O)[O-])cc1. The van der Waals surface area contributed by atoms with Gasteiger partial charge in [0, 0.05) is 22.2 Å². The van der Waals surface area contributed by atoms with Gasteiger partial charge in [0.25, 0.3) is 5.69 Å². The van der Waals surface area contributed by atoms with Crippen LogP contribution in [0.2, 0.25) is 0 Å². The van der Waals surface area contributed by atoms with Gasteiger partial charge in [-0.3, -0.25) is 10.1 Å². The van der Waals surface area contributed by atoms with E-state index < -0.39 is 11.0 Å². The maximum atomic E-state index is 11.8. The van der Waals surface area contributed by atoms with Crippen molar-refractivity contribution >= 4 is 35.4 Å². The number of para-hydroxylation sites is 1. The van der Waals surface area contributed by atoms with Gasteiger partial charge in [0.05, 0.1) is 16.0 Å². The molecular formula is C21H18N4O3S. The summed E-state index contributed by atoms with van der Waals surface area (Å²) in [7, 11) is 0. The van der Waals surface area contributed by atoms with Crippen LogP contribution in [0.25, 0.3) is 0 Å². The third-order valence-corrected chi connectivity index (χ3v) is 4.91. The van der Waals surface area contributed by atoms with Crippen molar-refractivity contribution in [3.05, 3.63) is 94.0 Å². The van der Waals surface area contributed by atoms with Gasteiger partial charge in [0.2, 0.25) is 0 Å². The van der Waals surface area contributed by atoms with E-state index in [4.69, 9.17) is 0 Å². The molecule has 29 heavy (non-hydrogen) atoms. The van der Waals surface area contributed by atoms with Crippen LogP contribution in [-0.2, 0) is 0 Å². The zero-order valence-electron chi connectivity index (χ0n) is 15.5. The summed E-state index contributed by atoms with van der Waals surface area (Å²) >= 11 is 1.32. The smallest absolute Gasteiger partial charge is 0.307 e. The number of urea groups is 1. The van der Waals surface area contributed by atoms with Crippen LogP contribution in [0.3, 0.4) is 0 Å². The van der Waals surface area contributed by atoms with E-state index in [0.29, 0.717) is 16.1 Å². The van der Waals surface area contributed by atoms with Crippen LogP contribution in [0.5, 0.6) is 0 Å². The zero-order chi connectivity index (χ0) is 20.6. The van der Waals surface area contributed by atoms with Crippen LogP contribution >= 0.6 is 11.8 Å².